The highest BCUT2D eigenvalue weighted by atomic mass is 16.6. The van der Waals surface area contributed by atoms with Gasteiger partial charge in [0.2, 0.25) is 0 Å². The molecule has 1 unspecified atom stereocenters. The highest BCUT2D eigenvalue weighted by Gasteiger charge is 2.24. The Kier molecular flexibility index (Phi) is 5.11. The minimum Gasteiger partial charge on any atom is -0.376 e. The summed E-state index contributed by atoms with van der Waals surface area (Å²) in [4.78, 5) is 12.8. The van der Waals surface area contributed by atoms with Gasteiger partial charge in [-0.3, -0.25) is 10.1 Å². The molecule has 1 saturated heterocycles. The third-order valence-corrected chi connectivity index (χ3v) is 4.48. The van der Waals surface area contributed by atoms with Crippen molar-refractivity contribution in [2.75, 3.05) is 24.6 Å². The number of rotatable bonds is 6. The number of nitro benzene ring substituents is 1. The molecule has 0 radical (unpaired) electrons. The van der Waals surface area contributed by atoms with Crippen LogP contribution in [0.1, 0.15) is 17.5 Å². The zero-order valence-electron chi connectivity index (χ0n) is 13.9. The topological polar surface area (TPSA) is 55.6 Å². The number of anilines is 1. The van der Waals surface area contributed by atoms with Gasteiger partial charge in [0.15, 0.2) is 0 Å². The molecule has 1 heterocycles. The van der Waals surface area contributed by atoms with E-state index in [-0.39, 0.29) is 10.6 Å². The summed E-state index contributed by atoms with van der Waals surface area (Å²) in [6.45, 7) is 5.23. The molecule has 1 aliphatic rings. The molecule has 0 amide bonds. The Balaban J connectivity index is 1.53. The van der Waals surface area contributed by atoms with E-state index in [0.29, 0.717) is 12.5 Å². The molecule has 5 heteroatoms. The van der Waals surface area contributed by atoms with Crippen molar-refractivity contribution in [2.24, 2.45) is 5.92 Å². The second kappa shape index (κ2) is 7.45. The quantitative estimate of drug-likeness (QED) is 0.596. The molecule has 0 spiro atoms. The van der Waals surface area contributed by atoms with Crippen LogP contribution in [-0.2, 0) is 11.3 Å². The highest BCUT2D eigenvalue weighted by Crippen LogP contribution is 2.29. The first-order chi connectivity index (χ1) is 11.6. The predicted octanol–water partition coefficient (Wildman–Crippen LogP) is 3.95. The van der Waals surface area contributed by atoms with Gasteiger partial charge in [0, 0.05) is 36.8 Å². The highest BCUT2D eigenvalue weighted by molar-refractivity contribution is 5.57. The van der Waals surface area contributed by atoms with Crippen LogP contribution in [0.2, 0.25) is 0 Å². The molecule has 0 aromatic heterocycles. The largest absolute Gasteiger partial charge is 0.376 e. The monoisotopic (exact) mass is 326 g/mol. The summed E-state index contributed by atoms with van der Waals surface area (Å²) < 4.78 is 5.85. The maximum absolute atomic E-state index is 10.8. The molecule has 3 rings (SSSR count). The lowest BCUT2D eigenvalue weighted by molar-refractivity contribution is -0.384. The first-order valence-electron chi connectivity index (χ1n) is 8.25. The number of non-ortho nitro benzene ring substituents is 1. The molecule has 2 aromatic rings. The fourth-order valence-corrected chi connectivity index (χ4v) is 3.21. The second-order valence-corrected chi connectivity index (χ2v) is 6.33. The molecule has 1 fully saturated rings. The summed E-state index contributed by atoms with van der Waals surface area (Å²) in [5.41, 5.74) is 3.39. The summed E-state index contributed by atoms with van der Waals surface area (Å²) in [5, 5.41) is 10.8. The van der Waals surface area contributed by atoms with Gasteiger partial charge in [-0.15, -0.1) is 0 Å². The normalized spacial score (nSPS) is 17.2. The number of benzene rings is 2. The Morgan fingerprint density at radius 3 is 2.75 bits per heavy atom. The van der Waals surface area contributed by atoms with Gasteiger partial charge in [-0.05, 0) is 30.5 Å². The van der Waals surface area contributed by atoms with E-state index in [1.807, 2.05) is 31.2 Å². The molecule has 24 heavy (non-hydrogen) atoms. The molecule has 1 atom stereocenters. The van der Waals surface area contributed by atoms with Crippen molar-refractivity contribution in [3.8, 4) is 0 Å². The maximum Gasteiger partial charge on any atom is 0.269 e. The molecule has 1 aliphatic heterocycles. The summed E-state index contributed by atoms with van der Waals surface area (Å²) in [7, 11) is 0. The van der Waals surface area contributed by atoms with E-state index >= 15 is 0 Å². The lowest BCUT2D eigenvalue weighted by Gasteiger charge is -2.21. The van der Waals surface area contributed by atoms with Gasteiger partial charge in [0.1, 0.15) is 0 Å². The fraction of sp³-hybridized carbons (Fsp3) is 0.368. The third kappa shape index (κ3) is 3.92. The van der Waals surface area contributed by atoms with Crippen molar-refractivity contribution in [3.05, 3.63) is 69.8 Å². The summed E-state index contributed by atoms with van der Waals surface area (Å²) in [6.07, 6.45) is 1.09. The van der Waals surface area contributed by atoms with Crippen molar-refractivity contribution < 1.29 is 9.66 Å². The van der Waals surface area contributed by atoms with Crippen LogP contribution in [0.25, 0.3) is 0 Å². The number of ether oxygens (including phenoxy) is 1. The molecule has 0 N–H and O–H groups in total. The van der Waals surface area contributed by atoms with Crippen molar-refractivity contribution in [1.29, 1.82) is 0 Å². The Morgan fingerprint density at radius 1 is 1.25 bits per heavy atom. The fourth-order valence-electron chi connectivity index (χ4n) is 3.21. The van der Waals surface area contributed by atoms with E-state index < -0.39 is 0 Å². The Hall–Kier alpha value is -2.40. The van der Waals surface area contributed by atoms with E-state index in [2.05, 4.69) is 17.0 Å². The van der Waals surface area contributed by atoms with E-state index in [0.717, 1.165) is 37.4 Å². The Bertz CT molecular complexity index is 703. The molecule has 0 aliphatic carbocycles. The predicted molar refractivity (Wildman–Crippen MR) is 94.3 cm³/mol. The SMILES string of the molecule is Cc1cc([N+](=O)[O-])ccc1N1CCC(COCc2ccccc2)C1. The summed E-state index contributed by atoms with van der Waals surface area (Å²) in [6, 6.07) is 15.3. The summed E-state index contributed by atoms with van der Waals surface area (Å²) >= 11 is 0. The van der Waals surface area contributed by atoms with Gasteiger partial charge in [0.25, 0.3) is 5.69 Å². The average molecular weight is 326 g/mol. The van der Waals surface area contributed by atoms with Crippen LogP contribution < -0.4 is 4.90 Å². The van der Waals surface area contributed by atoms with Crippen LogP contribution in [0.5, 0.6) is 0 Å². The van der Waals surface area contributed by atoms with Gasteiger partial charge >= 0.3 is 0 Å². The molecule has 0 saturated carbocycles. The van der Waals surface area contributed by atoms with Crippen LogP contribution in [0.15, 0.2) is 48.5 Å². The van der Waals surface area contributed by atoms with Crippen molar-refractivity contribution >= 4 is 11.4 Å². The van der Waals surface area contributed by atoms with Crippen LogP contribution in [0.4, 0.5) is 11.4 Å². The number of hydrogen-bond acceptors (Lipinski definition) is 4. The standard InChI is InChI=1S/C19H22N2O3/c1-15-11-18(21(22)23)7-8-19(15)20-10-9-17(12-20)14-24-13-16-5-3-2-4-6-16/h2-8,11,17H,9-10,12-14H2,1H3. The van der Waals surface area contributed by atoms with Gasteiger partial charge in [-0.25, -0.2) is 0 Å². The van der Waals surface area contributed by atoms with E-state index in [1.165, 1.54) is 5.56 Å². The molecule has 5 nitrogen and oxygen atoms in total. The lowest BCUT2D eigenvalue weighted by atomic mass is 10.1. The molecular formula is C19H22N2O3. The third-order valence-electron chi connectivity index (χ3n) is 4.48. The van der Waals surface area contributed by atoms with E-state index in [1.54, 1.807) is 12.1 Å². The van der Waals surface area contributed by atoms with E-state index in [4.69, 9.17) is 4.74 Å². The second-order valence-electron chi connectivity index (χ2n) is 6.33. The number of nitrogens with zero attached hydrogens (tertiary/aromatic N) is 2. The minimum atomic E-state index is -0.346. The number of hydrogen-bond donors (Lipinski definition) is 0. The van der Waals surface area contributed by atoms with E-state index in [9.17, 15) is 10.1 Å². The van der Waals surface area contributed by atoms with Gasteiger partial charge in [0.05, 0.1) is 18.1 Å². The zero-order valence-corrected chi connectivity index (χ0v) is 13.9. The molecule has 126 valence electrons. The van der Waals surface area contributed by atoms with Crippen LogP contribution in [0.3, 0.4) is 0 Å². The number of aryl methyl sites for hydroxylation is 1. The molecule has 0 bridgehead atoms. The van der Waals surface area contributed by atoms with Crippen LogP contribution >= 0.6 is 0 Å². The Morgan fingerprint density at radius 2 is 2.04 bits per heavy atom. The minimum absolute atomic E-state index is 0.151. The zero-order chi connectivity index (χ0) is 16.9. The van der Waals surface area contributed by atoms with Crippen LogP contribution in [0, 0.1) is 23.0 Å². The smallest absolute Gasteiger partial charge is 0.269 e. The number of nitro groups is 1. The lowest BCUT2D eigenvalue weighted by Crippen LogP contribution is -2.22. The van der Waals surface area contributed by atoms with Crippen molar-refractivity contribution in [1.82, 2.24) is 0 Å². The first kappa shape index (κ1) is 16.5. The summed E-state index contributed by atoms with van der Waals surface area (Å²) in [5.74, 6) is 0.503. The van der Waals surface area contributed by atoms with Crippen LogP contribution in [-0.4, -0.2) is 24.6 Å². The van der Waals surface area contributed by atoms with Crippen molar-refractivity contribution in [3.63, 3.8) is 0 Å². The first-order valence-corrected chi connectivity index (χ1v) is 8.25. The van der Waals surface area contributed by atoms with Gasteiger partial charge < -0.3 is 9.64 Å². The average Bonchev–Trinajstić information content (AvgIpc) is 3.04. The van der Waals surface area contributed by atoms with Gasteiger partial charge in [-0.2, -0.15) is 0 Å². The van der Waals surface area contributed by atoms with Crippen molar-refractivity contribution in [2.45, 2.75) is 20.0 Å². The van der Waals surface area contributed by atoms with Gasteiger partial charge in [-0.1, -0.05) is 30.3 Å². The maximum atomic E-state index is 10.8. The molecular weight excluding hydrogens is 304 g/mol. The Labute approximate surface area is 142 Å². The molecule has 2 aromatic carbocycles.